The van der Waals surface area contributed by atoms with Crippen LogP contribution in [0.25, 0.3) is 0 Å². The number of hydrogen-bond acceptors (Lipinski definition) is 7. The standard InChI is InChI=1S/C26H34N4O3S/c1-5-21-23(25(32)33-4)24(18-9-6-8-17(2)14-18)30-20(16-34-26(30)28-21)15-22(31)27-12-11-19-10-7-13-29(19)3/h6,8-9,14,16,19,24H,5,7,10-13,15H2,1-4H3,(H,27,31)/t19-,24+/m0/s1. The molecule has 1 amide bonds. The van der Waals surface area contributed by atoms with Gasteiger partial charge in [0.05, 0.1) is 30.8 Å². The van der Waals surface area contributed by atoms with Crippen molar-refractivity contribution in [3.8, 4) is 0 Å². The minimum Gasteiger partial charge on any atom is -0.466 e. The average molecular weight is 483 g/mol. The van der Waals surface area contributed by atoms with Gasteiger partial charge in [-0.15, -0.1) is 0 Å². The quantitative estimate of drug-likeness (QED) is 0.562. The molecule has 0 unspecified atom stereocenters. The van der Waals surface area contributed by atoms with Crippen LogP contribution in [-0.2, 0) is 14.3 Å². The van der Waals surface area contributed by atoms with Gasteiger partial charge in [0.2, 0.25) is 5.91 Å². The van der Waals surface area contributed by atoms with Gasteiger partial charge in [0.1, 0.15) is 0 Å². The third-order valence-electron chi connectivity index (χ3n) is 6.80. The maximum absolute atomic E-state index is 12.9. The Balaban J connectivity index is 1.55. The zero-order chi connectivity index (χ0) is 24.2. The van der Waals surface area contributed by atoms with E-state index in [1.807, 2.05) is 42.4 Å². The lowest BCUT2D eigenvalue weighted by Crippen LogP contribution is -2.38. The van der Waals surface area contributed by atoms with Crippen molar-refractivity contribution < 1.29 is 14.3 Å². The van der Waals surface area contributed by atoms with Crippen molar-refractivity contribution >= 4 is 28.8 Å². The molecule has 0 aliphatic carbocycles. The lowest BCUT2D eigenvalue weighted by molar-refractivity contribution is -0.136. The number of thioether (sulfide) groups is 1. The molecule has 7 nitrogen and oxygen atoms in total. The van der Waals surface area contributed by atoms with Gasteiger partial charge in [0.25, 0.3) is 0 Å². The zero-order valence-electron chi connectivity index (χ0n) is 20.5. The van der Waals surface area contributed by atoms with Crippen molar-refractivity contribution in [1.29, 1.82) is 0 Å². The number of ether oxygens (including phenoxy) is 1. The fourth-order valence-corrected chi connectivity index (χ4v) is 5.95. The van der Waals surface area contributed by atoms with E-state index in [2.05, 4.69) is 23.3 Å². The van der Waals surface area contributed by atoms with Crippen molar-refractivity contribution in [2.75, 3.05) is 27.2 Å². The number of amides is 1. The number of nitrogens with one attached hydrogen (secondary N) is 1. The molecule has 1 aromatic carbocycles. The molecule has 4 rings (SSSR count). The Morgan fingerprint density at radius 1 is 1.32 bits per heavy atom. The van der Waals surface area contributed by atoms with E-state index in [1.54, 1.807) is 0 Å². The van der Waals surface area contributed by atoms with Gasteiger partial charge in [0.15, 0.2) is 5.17 Å². The Kier molecular flexibility index (Phi) is 7.78. The molecule has 1 aromatic rings. The van der Waals surface area contributed by atoms with Crippen LogP contribution in [0.15, 0.2) is 51.6 Å². The lowest BCUT2D eigenvalue weighted by Gasteiger charge is -2.36. The monoisotopic (exact) mass is 482 g/mol. The van der Waals surface area contributed by atoms with Crippen molar-refractivity contribution in [2.45, 2.75) is 58.0 Å². The molecule has 1 fully saturated rings. The van der Waals surface area contributed by atoms with E-state index in [9.17, 15) is 9.59 Å². The summed E-state index contributed by atoms with van der Waals surface area (Å²) in [6.07, 6.45) is 4.25. The van der Waals surface area contributed by atoms with Crippen LogP contribution in [0.1, 0.15) is 56.2 Å². The van der Waals surface area contributed by atoms with Crippen LogP contribution in [-0.4, -0.2) is 60.1 Å². The summed E-state index contributed by atoms with van der Waals surface area (Å²) in [4.78, 5) is 35.0. The molecule has 0 aromatic heterocycles. The second kappa shape index (κ2) is 10.8. The number of aliphatic imine (C=N–C) groups is 1. The highest BCUT2D eigenvalue weighted by Crippen LogP contribution is 2.45. The summed E-state index contributed by atoms with van der Waals surface area (Å²) >= 11 is 1.50. The molecule has 2 atom stereocenters. The number of nitrogens with zero attached hydrogens (tertiary/aromatic N) is 3. The minimum atomic E-state index is -0.382. The average Bonchev–Trinajstić information content (AvgIpc) is 3.42. The number of allylic oxidation sites excluding steroid dienone is 1. The number of carbonyl (C=O) groups excluding carboxylic acids is 2. The van der Waals surface area contributed by atoms with E-state index in [0.717, 1.165) is 40.7 Å². The molecule has 0 spiro atoms. The molecule has 3 heterocycles. The summed E-state index contributed by atoms with van der Waals surface area (Å²) in [7, 11) is 3.56. The van der Waals surface area contributed by atoms with Gasteiger partial charge >= 0.3 is 5.97 Å². The Labute approximate surface area is 206 Å². The highest BCUT2D eigenvalue weighted by molar-refractivity contribution is 8.16. The molecule has 0 radical (unpaired) electrons. The molecule has 0 saturated carbocycles. The number of aryl methyl sites for hydroxylation is 1. The summed E-state index contributed by atoms with van der Waals surface area (Å²) in [6, 6.07) is 8.31. The number of likely N-dealkylation sites (tertiary alicyclic amines) is 1. The SMILES string of the molecule is CCC1=C(C(=O)OC)[C@@H](c2cccc(C)c2)N2C(CC(=O)NCC[C@@H]3CCCN3C)=CSC2=N1. The van der Waals surface area contributed by atoms with Crippen LogP contribution in [0, 0.1) is 6.92 Å². The Morgan fingerprint density at radius 2 is 2.15 bits per heavy atom. The maximum Gasteiger partial charge on any atom is 0.338 e. The zero-order valence-corrected chi connectivity index (χ0v) is 21.3. The van der Waals surface area contributed by atoms with Gasteiger partial charge in [-0.3, -0.25) is 4.79 Å². The fraction of sp³-hybridized carbons (Fsp3) is 0.500. The molecule has 8 heteroatoms. The third-order valence-corrected chi connectivity index (χ3v) is 7.69. The van der Waals surface area contributed by atoms with Crippen LogP contribution in [0.4, 0.5) is 0 Å². The van der Waals surface area contributed by atoms with Gasteiger partial charge in [0, 0.05) is 18.3 Å². The second-order valence-electron chi connectivity index (χ2n) is 9.11. The van der Waals surface area contributed by atoms with E-state index in [1.165, 1.54) is 31.7 Å². The summed E-state index contributed by atoms with van der Waals surface area (Å²) in [6.45, 7) is 5.84. The normalized spacial score (nSPS) is 22.4. The van der Waals surface area contributed by atoms with Crippen molar-refractivity contribution in [3.05, 3.63) is 57.8 Å². The minimum absolute atomic E-state index is 0.0124. The molecule has 182 valence electrons. The Bertz CT molecular complexity index is 1050. The predicted molar refractivity (Wildman–Crippen MR) is 136 cm³/mol. The first-order valence-corrected chi connectivity index (χ1v) is 12.9. The predicted octanol–water partition coefficient (Wildman–Crippen LogP) is 4.12. The van der Waals surface area contributed by atoms with E-state index in [4.69, 9.17) is 9.73 Å². The van der Waals surface area contributed by atoms with E-state index in [-0.39, 0.29) is 24.3 Å². The Morgan fingerprint density at radius 3 is 2.82 bits per heavy atom. The molecule has 3 aliphatic heterocycles. The summed E-state index contributed by atoms with van der Waals surface area (Å²) in [5.41, 5.74) is 4.21. The smallest absolute Gasteiger partial charge is 0.338 e. The molecule has 0 bridgehead atoms. The summed E-state index contributed by atoms with van der Waals surface area (Å²) < 4.78 is 5.18. The topological polar surface area (TPSA) is 74.2 Å². The first kappa shape index (κ1) is 24.5. The van der Waals surface area contributed by atoms with Gasteiger partial charge in [-0.05, 0) is 57.2 Å². The maximum atomic E-state index is 12.9. The fourth-order valence-electron chi connectivity index (χ4n) is 5.02. The van der Waals surface area contributed by atoms with Gasteiger partial charge in [-0.1, -0.05) is 48.5 Å². The molecule has 3 aliphatic rings. The number of carbonyl (C=O) groups is 2. The number of fused-ring (bicyclic) bond motifs is 1. The molecule has 1 N–H and O–H groups in total. The molecular formula is C26H34N4O3S. The van der Waals surface area contributed by atoms with Crippen LogP contribution in [0.5, 0.6) is 0 Å². The number of benzene rings is 1. The second-order valence-corrected chi connectivity index (χ2v) is 9.94. The number of hydrogen-bond donors (Lipinski definition) is 1. The van der Waals surface area contributed by atoms with E-state index in [0.29, 0.717) is 24.6 Å². The Hall–Kier alpha value is -2.58. The van der Waals surface area contributed by atoms with Crippen molar-refractivity contribution in [2.24, 2.45) is 4.99 Å². The van der Waals surface area contributed by atoms with Crippen molar-refractivity contribution in [1.82, 2.24) is 15.1 Å². The highest BCUT2D eigenvalue weighted by Gasteiger charge is 2.41. The van der Waals surface area contributed by atoms with Gasteiger partial charge in [-0.25, -0.2) is 9.79 Å². The van der Waals surface area contributed by atoms with Crippen LogP contribution in [0.3, 0.4) is 0 Å². The number of esters is 1. The number of amidine groups is 1. The van der Waals surface area contributed by atoms with Crippen LogP contribution in [0.2, 0.25) is 0 Å². The highest BCUT2D eigenvalue weighted by atomic mass is 32.2. The first-order chi connectivity index (χ1) is 16.4. The van der Waals surface area contributed by atoms with E-state index >= 15 is 0 Å². The van der Waals surface area contributed by atoms with Gasteiger partial charge in [-0.2, -0.15) is 0 Å². The third kappa shape index (κ3) is 5.08. The van der Waals surface area contributed by atoms with Gasteiger partial charge < -0.3 is 19.9 Å². The lowest BCUT2D eigenvalue weighted by atomic mass is 9.92. The largest absolute Gasteiger partial charge is 0.466 e. The molecular weight excluding hydrogens is 448 g/mol. The summed E-state index contributed by atoms with van der Waals surface area (Å²) in [5, 5.41) is 5.88. The first-order valence-electron chi connectivity index (χ1n) is 12.0. The van der Waals surface area contributed by atoms with E-state index < -0.39 is 0 Å². The van der Waals surface area contributed by atoms with Crippen LogP contribution < -0.4 is 5.32 Å². The number of methoxy groups -OCH3 is 1. The molecule has 1 saturated heterocycles. The molecule has 34 heavy (non-hydrogen) atoms. The van der Waals surface area contributed by atoms with Crippen molar-refractivity contribution in [3.63, 3.8) is 0 Å². The summed E-state index contributed by atoms with van der Waals surface area (Å²) in [5.74, 6) is -0.394. The van der Waals surface area contributed by atoms with Crippen LogP contribution >= 0.6 is 11.8 Å². The number of rotatable bonds is 8.